The van der Waals surface area contributed by atoms with E-state index in [9.17, 15) is 4.79 Å². The van der Waals surface area contributed by atoms with Crippen molar-refractivity contribution in [3.05, 3.63) is 56.4 Å². The highest BCUT2D eigenvalue weighted by atomic mass is 35.5. The molecule has 1 heterocycles. The van der Waals surface area contributed by atoms with Crippen molar-refractivity contribution in [1.82, 2.24) is 0 Å². The molecule has 0 saturated heterocycles. The number of carbonyl (C=O) groups is 1. The summed E-state index contributed by atoms with van der Waals surface area (Å²) in [6.07, 6.45) is 2.10. The first-order valence-corrected chi connectivity index (χ1v) is 6.43. The smallest absolute Gasteiger partial charge is 0.199 e. The molecule has 0 N–H and O–H groups in total. The maximum atomic E-state index is 12.4. The molecule has 94 valence electrons. The van der Waals surface area contributed by atoms with Crippen LogP contribution in [0.2, 0.25) is 15.1 Å². The Balaban J connectivity index is 2.53. The minimum atomic E-state index is -0.257. The molecule has 2 rings (SSSR count). The van der Waals surface area contributed by atoms with E-state index >= 15 is 0 Å². The lowest BCUT2D eigenvalue weighted by Gasteiger charge is -2.06. The zero-order valence-electron chi connectivity index (χ0n) is 9.47. The van der Waals surface area contributed by atoms with E-state index in [-0.39, 0.29) is 21.4 Å². The molecule has 18 heavy (non-hydrogen) atoms. The van der Waals surface area contributed by atoms with Crippen molar-refractivity contribution in [1.29, 1.82) is 0 Å². The molecule has 0 radical (unpaired) electrons. The molecular weight excluding hydrogens is 294 g/mol. The van der Waals surface area contributed by atoms with Gasteiger partial charge in [0.15, 0.2) is 5.78 Å². The van der Waals surface area contributed by atoms with E-state index in [0.29, 0.717) is 22.8 Å². The molecule has 0 fully saturated rings. The van der Waals surface area contributed by atoms with Crippen LogP contribution in [-0.2, 0) is 6.42 Å². The summed E-state index contributed by atoms with van der Waals surface area (Å²) in [7, 11) is 0. The second kappa shape index (κ2) is 5.35. The molecule has 2 aromatic rings. The fraction of sp³-hybridized carbons (Fsp3) is 0.154. The lowest BCUT2D eigenvalue weighted by Crippen LogP contribution is -2.04. The molecule has 0 saturated carbocycles. The molecule has 0 aliphatic carbocycles. The van der Waals surface area contributed by atoms with Gasteiger partial charge in [-0.15, -0.1) is 0 Å². The first kappa shape index (κ1) is 13.5. The Hall–Kier alpha value is -0.960. The Labute approximate surface area is 119 Å². The molecule has 1 aromatic carbocycles. The van der Waals surface area contributed by atoms with Gasteiger partial charge in [0.1, 0.15) is 5.76 Å². The highest BCUT2D eigenvalue weighted by Crippen LogP contribution is 2.31. The molecule has 0 spiro atoms. The lowest BCUT2D eigenvalue weighted by molar-refractivity contribution is 0.103. The summed E-state index contributed by atoms with van der Waals surface area (Å²) in [4.78, 5) is 12.4. The van der Waals surface area contributed by atoms with E-state index < -0.39 is 0 Å². The molecule has 0 atom stereocenters. The topological polar surface area (TPSA) is 30.2 Å². The van der Waals surface area contributed by atoms with Gasteiger partial charge in [-0.25, -0.2) is 0 Å². The van der Waals surface area contributed by atoms with Crippen LogP contribution in [-0.4, -0.2) is 5.78 Å². The van der Waals surface area contributed by atoms with Gasteiger partial charge >= 0.3 is 0 Å². The monoisotopic (exact) mass is 302 g/mol. The molecule has 0 bridgehead atoms. The van der Waals surface area contributed by atoms with E-state index in [4.69, 9.17) is 39.2 Å². The second-order valence-corrected chi connectivity index (χ2v) is 4.94. The average molecular weight is 304 g/mol. The Kier molecular flexibility index (Phi) is 4.00. The summed E-state index contributed by atoms with van der Waals surface area (Å²) in [6.45, 7) is 1.90. The van der Waals surface area contributed by atoms with Crippen molar-refractivity contribution in [2.24, 2.45) is 0 Å². The number of rotatable bonds is 3. The summed E-state index contributed by atoms with van der Waals surface area (Å²) in [6, 6.07) is 4.60. The van der Waals surface area contributed by atoms with Crippen LogP contribution in [0.3, 0.4) is 0 Å². The Morgan fingerprint density at radius 2 is 1.83 bits per heavy atom. The number of furan rings is 1. The summed E-state index contributed by atoms with van der Waals surface area (Å²) in [5.41, 5.74) is 0.724. The third-order valence-electron chi connectivity index (χ3n) is 2.55. The zero-order valence-corrected chi connectivity index (χ0v) is 11.7. The number of hydrogen-bond acceptors (Lipinski definition) is 2. The van der Waals surface area contributed by atoms with Gasteiger partial charge < -0.3 is 4.42 Å². The second-order valence-electron chi connectivity index (χ2n) is 3.68. The maximum absolute atomic E-state index is 12.4. The van der Waals surface area contributed by atoms with Crippen LogP contribution >= 0.6 is 34.8 Å². The van der Waals surface area contributed by atoms with Gasteiger partial charge in [-0.2, -0.15) is 0 Å². The lowest BCUT2D eigenvalue weighted by atomic mass is 10.0. The van der Waals surface area contributed by atoms with Crippen LogP contribution in [0.15, 0.2) is 28.9 Å². The summed E-state index contributed by atoms with van der Waals surface area (Å²) < 4.78 is 5.23. The molecule has 0 aliphatic heterocycles. The number of halogens is 3. The average Bonchev–Trinajstić information content (AvgIpc) is 2.75. The van der Waals surface area contributed by atoms with Crippen LogP contribution in [0.5, 0.6) is 0 Å². The molecule has 5 heteroatoms. The van der Waals surface area contributed by atoms with E-state index in [1.807, 2.05) is 6.92 Å². The van der Waals surface area contributed by atoms with Crippen LogP contribution in [0, 0.1) is 0 Å². The van der Waals surface area contributed by atoms with Crippen molar-refractivity contribution in [3.8, 4) is 0 Å². The summed E-state index contributed by atoms with van der Waals surface area (Å²) in [5.74, 6) is 0.356. The third-order valence-corrected chi connectivity index (χ3v) is 3.36. The number of hydrogen-bond donors (Lipinski definition) is 0. The van der Waals surface area contributed by atoms with Crippen LogP contribution in [0.4, 0.5) is 0 Å². The SMILES string of the molecule is CCc1occc1C(=O)c1c(Cl)cc(Cl)cc1Cl. The highest BCUT2D eigenvalue weighted by molar-refractivity contribution is 6.43. The predicted octanol–water partition coefficient (Wildman–Crippen LogP) is 5.03. The van der Waals surface area contributed by atoms with Crippen molar-refractivity contribution in [3.63, 3.8) is 0 Å². The first-order chi connectivity index (χ1) is 8.54. The Morgan fingerprint density at radius 3 is 2.39 bits per heavy atom. The summed E-state index contributed by atoms with van der Waals surface area (Å²) in [5, 5.41) is 0.867. The third kappa shape index (κ3) is 2.41. The number of benzene rings is 1. The van der Waals surface area contributed by atoms with Gasteiger partial charge in [0.25, 0.3) is 0 Å². The van der Waals surface area contributed by atoms with Gasteiger partial charge in [0.2, 0.25) is 0 Å². The van der Waals surface area contributed by atoms with Crippen molar-refractivity contribution in [2.75, 3.05) is 0 Å². The van der Waals surface area contributed by atoms with Gasteiger partial charge in [0, 0.05) is 11.4 Å². The molecule has 2 nitrogen and oxygen atoms in total. The van der Waals surface area contributed by atoms with Crippen molar-refractivity contribution < 1.29 is 9.21 Å². The number of ketones is 1. The van der Waals surface area contributed by atoms with Crippen molar-refractivity contribution >= 4 is 40.6 Å². The van der Waals surface area contributed by atoms with Gasteiger partial charge in [0.05, 0.1) is 27.4 Å². The van der Waals surface area contributed by atoms with E-state index in [1.54, 1.807) is 6.07 Å². The fourth-order valence-corrected chi connectivity index (χ4v) is 2.70. The van der Waals surface area contributed by atoms with E-state index in [2.05, 4.69) is 0 Å². The van der Waals surface area contributed by atoms with E-state index in [0.717, 1.165) is 0 Å². The van der Waals surface area contributed by atoms with E-state index in [1.165, 1.54) is 18.4 Å². The Morgan fingerprint density at radius 1 is 1.22 bits per heavy atom. The maximum Gasteiger partial charge on any atom is 0.199 e. The molecule has 0 unspecified atom stereocenters. The minimum absolute atomic E-state index is 0.237. The molecule has 0 amide bonds. The molecule has 1 aromatic heterocycles. The summed E-state index contributed by atoms with van der Waals surface area (Å²) >= 11 is 17.9. The van der Waals surface area contributed by atoms with Crippen LogP contribution in [0.1, 0.15) is 28.6 Å². The highest BCUT2D eigenvalue weighted by Gasteiger charge is 2.21. The van der Waals surface area contributed by atoms with Crippen molar-refractivity contribution in [2.45, 2.75) is 13.3 Å². The first-order valence-electron chi connectivity index (χ1n) is 5.30. The Bertz CT molecular complexity index is 579. The van der Waals surface area contributed by atoms with Crippen LogP contribution in [0.25, 0.3) is 0 Å². The predicted molar refractivity (Wildman–Crippen MR) is 73.0 cm³/mol. The quantitative estimate of drug-likeness (QED) is 0.744. The molecular formula is C13H9Cl3O2. The fourth-order valence-electron chi connectivity index (χ4n) is 1.71. The largest absolute Gasteiger partial charge is 0.469 e. The van der Waals surface area contributed by atoms with Gasteiger partial charge in [-0.3, -0.25) is 4.79 Å². The van der Waals surface area contributed by atoms with Crippen LogP contribution < -0.4 is 0 Å². The number of aryl methyl sites for hydroxylation is 1. The number of carbonyl (C=O) groups excluding carboxylic acids is 1. The minimum Gasteiger partial charge on any atom is -0.469 e. The molecule has 0 aliphatic rings. The zero-order chi connectivity index (χ0) is 13.3. The van der Waals surface area contributed by atoms with Gasteiger partial charge in [-0.1, -0.05) is 41.7 Å². The standard InChI is InChI=1S/C13H9Cl3O2/c1-2-11-8(3-4-18-11)13(17)12-9(15)5-7(14)6-10(12)16/h3-6H,2H2,1H3. The van der Waals surface area contributed by atoms with Gasteiger partial charge in [-0.05, 0) is 18.2 Å². The normalized spacial score (nSPS) is 10.7.